The third-order valence-corrected chi connectivity index (χ3v) is 3.29. The largest absolute Gasteiger partial charge is 0.313 e. The second-order valence-electron chi connectivity index (χ2n) is 4.78. The number of fused-ring (bicyclic) bond motifs is 4. The van der Waals surface area contributed by atoms with Crippen molar-refractivity contribution in [3.8, 4) is 0 Å². The van der Waals surface area contributed by atoms with Crippen molar-refractivity contribution < 1.29 is 24.3 Å². The van der Waals surface area contributed by atoms with Gasteiger partial charge in [0.2, 0.25) is 19.4 Å². The van der Waals surface area contributed by atoms with E-state index in [0.717, 1.165) is 11.1 Å². The van der Waals surface area contributed by atoms with Gasteiger partial charge in [-0.05, 0) is 11.5 Å². The Hall–Kier alpha value is -0.980. The van der Waals surface area contributed by atoms with E-state index < -0.39 is 12.6 Å². The zero-order chi connectivity index (χ0) is 12.5. The topological polar surface area (TPSA) is 46.2 Å². The molecule has 1 saturated heterocycles. The Balaban J connectivity index is 2.03. The van der Waals surface area contributed by atoms with Crippen LogP contribution in [0.2, 0.25) is 0 Å². The van der Waals surface area contributed by atoms with E-state index in [1.165, 1.54) is 0 Å². The highest BCUT2D eigenvalue weighted by molar-refractivity contribution is 5.34. The van der Waals surface area contributed by atoms with Crippen molar-refractivity contribution in [1.82, 2.24) is 0 Å². The predicted octanol–water partition coefficient (Wildman–Crippen LogP) is 2.65. The van der Waals surface area contributed by atoms with Gasteiger partial charge in [-0.25, -0.2) is 14.7 Å². The van der Waals surface area contributed by atoms with Crippen LogP contribution in [0, 0.1) is 5.92 Å². The van der Waals surface area contributed by atoms with Crippen LogP contribution in [0.4, 0.5) is 0 Å². The van der Waals surface area contributed by atoms with Crippen LogP contribution in [0.5, 0.6) is 0 Å². The molecule has 0 spiro atoms. The minimum absolute atomic E-state index is 0.0661. The Labute approximate surface area is 105 Å². The standard InChI is InChI=1S/C13H16O5/c1-8(2)11-9-5-3-4-6-10(9)12-16-13(11)18-15-7-14-17-12/h3-6,8,11-13H,7H2,1-2H3. The van der Waals surface area contributed by atoms with Crippen molar-refractivity contribution in [1.29, 1.82) is 0 Å². The zero-order valence-corrected chi connectivity index (χ0v) is 10.4. The van der Waals surface area contributed by atoms with Crippen molar-refractivity contribution in [3.05, 3.63) is 35.4 Å². The van der Waals surface area contributed by atoms with Crippen molar-refractivity contribution in [2.24, 2.45) is 5.92 Å². The lowest BCUT2D eigenvalue weighted by molar-refractivity contribution is -0.533. The summed E-state index contributed by atoms with van der Waals surface area (Å²) in [7, 11) is 0. The van der Waals surface area contributed by atoms with Gasteiger partial charge >= 0.3 is 0 Å². The number of hydrogen-bond acceptors (Lipinski definition) is 5. The SMILES string of the molecule is CC(C)C1c2ccccc2C2OOCOOC1O2. The first-order valence-corrected chi connectivity index (χ1v) is 6.08. The number of hydrogen-bond donors (Lipinski definition) is 0. The van der Waals surface area contributed by atoms with Crippen molar-refractivity contribution in [3.63, 3.8) is 0 Å². The van der Waals surface area contributed by atoms with E-state index in [1.807, 2.05) is 18.2 Å². The first-order chi connectivity index (χ1) is 8.77. The lowest BCUT2D eigenvalue weighted by atomic mass is 9.83. The summed E-state index contributed by atoms with van der Waals surface area (Å²) in [5.41, 5.74) is 2.14. The summed E-state index contributed by atoms with van der Waals surface area (Å²) in [6, 6.07) is 8.01. The summed E-state index contributed by atoms with van der Waals surface area (Å²) in [6.07, 6.45) is -1.04. The molecule has 0 radical (unpaired) electrons. The van der Waals surface area contributed by atoms with Crippen LogP contribution in [0.15, 0.2) is 24.3 Å². The van der Waals surface area contributed by atoms with Gasteiger partial charge in [-0.3, -0.25) is 0 Å². The van der Waals surface area contributed by atoms with E-state index in [2.05, 4.69) is 19.9 Å². The van der Waals surface area contributed by atoms with Gasteiger partial charge in [-0.15, -0.1) is 0 Å². The Morgan fingerprint density at radius 3 is 2.56 bits per heavy atom. The van der Waals surface area contributed by atoms with Gasteiger partial charge in [-0.1, -0.05) is 38.1 Å². The average Bonchev–Trinajstić information content (AvgIpc) is 2.34. The molecule has 0 aromatic heterocycles. The molecule has 3 atom stereocenters. The van der Waals surface area contributed by atoms with Gasteiger partial charge in [-0.2, -0.15) is 4.89 Å². The van der Waals surface area contributed by atoms with Gasteiger partial charge in [0.05, 0.1) is 0 Å². The summed E-state index contributed by atoms with van der Waals surface area (Å²) >= 11 is 0. The van der Waals surface area contributed by atoms with E-state index in [4.69, 9.17) is 24.3 Å². The molecule has 2 bridgehead atoms. The minimum Gasteiger partial charge on any atom is -0.313 e. The second kappa shape index (κ2) is 4.95. The molecule has 0 aliphatic carbocycles. The highest BCUT2D eigenvalue weighted by Crippen LogP contribution is 2.43. The maximum atomic E-state index is 5.73. The normalized spacial score (nSPS) is 31.6. The lowest BCUT2D eigenvalue weighted by Crippen LogP contribution is -2.38. The van der Waals surface area contributed by atoms with Gasteiger partial charge in [0.25, 0.3) is 0 Å². The maximum Gasteiger partial charge on any atom is 0.220 e. The van der Waals surface area contributed by atoms with E-state index >= 15 is 0 Å². The summed E-state index contributed by atoms with van der Waals surface area (Å²) < 4.78 is 5.73. The first-order valence-electron chi connectivity index (χ1n) is 6.08. The van der Waals surface area contributed by atoms with Gasteiger partial charge in [0, 0.05) is 11.5 Å². The highest BCUT2D eigenvalue weighted by atomic mass is 17.3. The molecule has 1 aromatic rings. The maximum absolute atomic E-state index is 5.73. The van der Waals surface area contributed by atoms with Gasteiger partial charge in [0.15, 0.2) is 0 Å². The summed E-state index contributed by atoms with van der Waals surface area (Å²) in [6.45, 7) is 4.19. The van der Waals surface area contributed by atoms with Gasteiger partial charge < -0.3 is 4.74 Å². The zero-order valence-electron chi connectivity index (χ0n) is 10.4. The fourth-order valence-corrected chi connectivity index (χ4v) is 2.49. The molecule has 1 fully saturated rings. The third kappa shape index (κ3) is 2.04. The fourth-order valence-electron chi connectivity index (χ4n) is 2.49. The molecule has 0 saturated carbocycles. The van der Waals surface area contributed by atoms with Crippen molar-refractivity contribution in [2.75, 3.05) is 6.79 Å². The van der Waals surface area contributed by atoms with Gasteiger partial charge in [0.1, 0.15) is 0 Å². The molecule has 2 heterocycles. The monoisotopic (exact) mass is 252 g/mol. The van der Waals surface area contributed by atoms with E-state index in [1.54, 1.807) is 0 Å². The average molecular weight is 252 g/mol. The predicted molar refractivity (Wildman–Crippen MR) is 60.8 cm³/mol. The number of rotatable bonds is 1. The lowest BCUT2D eigenvalue weighted by Gasteiger charge is -2.39. The summed E-state index contributed by atoms with van der Waals surface area (Å²) in [5, 5.41) is 0. The molecule has 2 aliphatic heterocycles. The quantitative estimate of drug-likeness (QED) is 0.719. The van der Waals surface area contributed by atoms with E-state index in [0.29, 0.717) is 5.92 Å². The van der Waals surface area contributed by atoms with E-state index in [-0.39, 0.29) is 12.7 Å². The Bertz CT molecular complexity index is 420. The molecule has 3 rings (SSSR count). The first kappa shape index (κ1) is 12.1. The Morgan fingerprint density at radius 2 is 1.78 bits per heavy atom. The molecule has 5 nitrogen and oxygen atoms in total. The molecule has 2 aliphatic rings. The summed E-state index contributed by atoms with van der Waals surface area (Å²) in [5.74, 6) is 0.472. The molecular formula is C13H16O5. The van der Waals surface area contributed by atoms with Crippen LogP contribution in [0.1, 0.15) is 37.2 Å². The van der Waals surface area contributed by atoms with Crippen LogP contribution in [0.3, 0.4) is 0 Å². The molecule has 5 heteroatoms. The molecule has 3 unspecified atom stereocenters. The number of benzene rings is 1. The fraction of sp³-hybridized carbons (Fsp3) is 0.538. The van der Waals surface area contributed by atoms with Crippen LogP contribution in [0.25, 0.3) is 0 Å². The molecule has 18 heavy (non-hydrogen) atoms. The molecule has 1 aromatic carbocycles. The van der Waals surface area contributed by atoms with Crippen molar-refractivity contribution >= 4 is 0 Å². The summed E-state index contributed by atoms with van der Waals surface area (Å²) in [4.78, 5) is 20.2. The Morgan fingerprint density at radius 1 is 1.06 bits per heavy atom. The van der Waals surface area contributed by atoms with Crippen LogP contribution >= 0.6 is 0 Å². The smallest absolute Gasteiger partial charge is 0.220 e. The highest BCUT2D eigenvalue weighted by Gasteiger charge is 2.40. The third-order valence-electron chi connectivity index (χ3n) is 3.29. The van der Waals surface area contributed by atoms with Crippen molar-refractivity contribution in [2.45, 2.75) is 32.3 Å². The molecular weight excluding hydrogens is 236 g/mol. The molecule has 0 N–H and O–H groups in total. The van der Waals surface area contributed by atoms with Crippen LogP contribution in [-0.4, -0.2) is 13.1 Å². The van der Waals surface area contributed by atoms with E-state index in [9.17, 15) is 0 Å². The second-order valence-corrected chi connectivity index (χ2v) is 4.78. The number of ether oxygens (including phenoxy) is 1. The Kier molecular flexibility index (Phi) is 3.32. The van der Waals surface area contributed by atoms with Crippen LogP contribution in [-0.2, 0) is 24.3 Å². The minimum atomic E-state index is -0.565. The molecule has 98 valence electrons. The van der Waals surface area contributed by atoms with Crippen LogP contribution < -0.4 is 0 Å². The molecule has 0 amide bonds.